The molecule has 0 bridgehead atoms. The van der Waals surface area contributed by atoms with Crippen LogP contribution in [0.3, 0.4) is 0 Å². The molecule has 0 aliphatic heterocycles. The molecular formula is C12H22N4. The molecule has 0 aliphatic rings. The Balaban J connectivity index is 2.29. The second-order valence-electron chi connectivity index (χ2n) is 4.55. The molecule has 1 heterocycles. The van der Waals surface area contributed by atoms with Gasteiger partial charge in [-0.1, -0.05) is 13.8 Å². The van der Waals surface area contributed by atoms with Gasteiger partial charge in [-0.3, -0.25) is 0 Å². The predicted molar refractivity (Wildman–Crippen MR) is 67.7 cm³/mol. The topological polar surface area (TPSA) is 41.0 Å². The fourth-order valence-corrected chi connectivity index (χ4v) is 1.35. The number of anilines is 1. The summed E-state index contributed by atoms with van der Waals surface area (Å²) in [5.41, 5.74) is 0.954. The van der Waals surface area contributed by atoms with Gasteiger partial charge in [0.15, 0.2) is 5.82 Å². The molecule has 16 heavy (non-hydrogen) atoms. The summed E-state index contributed by atoms with van der Waals surface area (Å²) in [7, 11) is 2.04. The molecule has 0 saturated carbocycles. The fraction of sp³-hybridized carbons (Fsp3) is 0.667. The van der Waals surface area contributed by atoms with Gasteiger partial charge in [-0.25, -0.2) is 0 Å². The van der Waals surface area contributed by atoms with Crippen LogP contribution in [0.5, 0.6) is 0 Å². The van der Waals surface area contributed by atoms with Crippen molar-refractivity contribution in [2.75, 3.05) is 31.6 Å². The minimum absolute atomic E-state index is 0.699. The highest BCUT2D eigenvalue weighted by Gasteiger charge is 2.02. The van der Waals surface area contributed by atoms with E-state index in [1.54, 1.807) is 0 Å². The fourth-order valence-electron chi connectivity index (χ4n) is 1.35. The Morgan fingerprint density at radius 2 is 2.06 bits per heavy atom. The molecule has 90 valence electrons. The quantitative estimate of drug-likeness (QED) is 0.740. The maximum absolute atomic E-state index is 4.14. The summed E-state index contributed by atoms with van der Waals surface area (Å²) in [6.07, 6.45) is 0. The normalized spacial score (nSPS) is 10.8. The highest BCUT2D eigenvalue weighted by atomic mass is 15.2. The van der Waals surface area contributed by atoms with Gasteiger partial charge in [-0.2, -0.15) is 5.10 Å². The van der Waals surface area contributed by atoms with Crippen molar-refractivity contribution in [1.82, 2.24) is 15.5 Å². The SMILES string of the molecule is Cc1ccc(N(C)CCNCC(C)C)nn1. The van der Waals surface area contributed by atoms with Crippen LogP contribution in [-0.2, 0) is 0 Å². The number of nitrogens with one attached hydrogen (secondary N) is 1. The second kappa shape index (κ2) is 6.43. The van der Waals surface area contributed by atoms with E-state index in [0.29, 0.717) is 5.92 Å². The van der Waals surface area contributed by atoms with Crippen molar-refractivity contribution in [3.05, 3.63) is 17.8 Å². The summed E-state index contributed by atoms with van der Waals surface area (Å²) in [5.74, 6) is 1.63. The highest BCUT2D eigenvalue weighted by Crippen LogP contribution is 2.05. The molecule has 0 unspecified atom stereocenters. The van der Waals surface area contributed by atoms with E-state index in [2.05, 4.69) is 34.3 Å². The Kier molecular flexibility index (Phi) is 5.19. The van der Waals surface area contributed by atoms with E-state index in [1.807, 2.05) is 26.1 Å². The van der Waals surface area contributed by atoms with E-state index in [9.17, 15) is 0 Å². The van der Waals surface area contributed by atoms with Crippen LogP contribution in [0.15, 0.2) is 12.1 Å². The Labute approximate surface area is 98.1 Å². The van der Waals surface area contributed by atoms with Gasteiger partial charge in [0, 0.05) is 20.1 Å². The predicted octanol–water partition coefficient (Wildman–Crippen LogP) is 1.47. The zero-order chi connectivity index (χ0) is 12.0. The molecule has 4 nitrogen and oxygen atoms in total. The first-order valence-electron chi connectivity index (χ1n) is 5.82. The third kappa shape index (κ3) is 4.57. The maximum atomic E-state index is 4.14. The van der Waals surface area contributed by atoms with Crippen LogP contribution in [0.4, 0.5) is 5.82 Å². The van der Waals surface area contributed by atoms with E-state index < -0.39 is 0 Å². The molecule has 4 heteroatoms. The number of aryl methyl sites for hydroxylation is 1. The Hall–Kier alpha value is -1.16. The average Bonchev–Trinajstić information content (AvgIpc) is 2.25. The molecule has 0 fully saturated rings. The van der Waals surface area contributed by atoms with Crippen LogP contribution >= 0.6 is 0 Å². The molecule has 0 saturated heterocycles. The third-order valence-electron chi connectivity index (χ3n) is 2.35. The molecule has 0 aromatic carbocycles. The van der Waals surface area contributed by atoms with Crippen LogP contribution in [0, 0.1) is 12.8 Å². The van der Waals surface area contributed by atoms with Crippen molar-refractivity contribution in [2.24, 2.45) is 5.92 Å². The molecule has 0 aliphatic carbocycles. The number of aromatic nitrogens is 2. The van der Waals surface area contributed by atoms with Crippen LogP contribution < -0.4 is 10.2 Å². The summed E-state index contributed by atoms with van der Waals surface area (Å²) in [5, 5.41) is 11.6. The van der Waals surface area contributed by atoms with Crippen molar-refractivity contribution < 1.29 is 0 Å². The molecular weight excluding hydrogens is 200 g/mol. The van der Waals surface area contributed by atoms with Crippen molar-refractivity contribution in [1.29, 1.82) is 0 Å². The van der Waals surface area contributed by atoms with Gasteiger partial charge in [0.1, 0.15) is 0 Å². The Morgan fingerprint density at radius 3 is 2.62 bits per heavy atom. The van der Waals surface area contributed by atoms with Gasteiger partial charge in [0.2, 0.25) is 0 Å². The third-order valence-corrected chi connectivity index (χ3v) is 2.35. The zero-order valence-electron chi connectivity index (χ0n) is 10.7. The minimum atomic E-state index is 0.699. The molecule has 1 aromatic rings. The van der Waals surface area contributed by atoms with Crippen molar-refractivity contribution in [3.63, 3.8) is 0 Å². The molecule has 0 spiro atoms. The van der Waals surface area contributed by atoms with Gasteiger partial charge < -0.3 is 10.2 Å². The summed E-state index contributed by atoms with van der Waals surface area (Å²) in [4.78, 5) is 2.11. The first kappa shape index (κ1) is 12.9. The van der Waals surface area contributed by atoms with Crippen molar-refractivity contribution in [3.8, 4) is 0 Å². The maximum Gasteiger partial charge on any atom is 0.151 e. The zero-order valence-corrected chi connectivity index (χ0v) is 10.7. The lowest BCUT2D eigenvalue weighted by atomic mass is 10.2. The van der Waals surface area contributed by atoms with Gasteiger partial charge in [-0.15, -0.1) is 5.10 Å². The summed E-state index contributed by atoms with van der Waals surface area (Å²) in [6.45, 7) is 9.35. The van der Waals surface area contributed by atoms with E-state index in [0.717, 1.165) is 31.1 Å². The summed E-state index contributed by atoms with van der Waals surface area (Å²) in [6, 6.07) is 3.99. The summed E-state index contributed by atoms with van der Waals surface area (Å²) >= 11 is 0. The number of likely N-dealkylation sites (N-methyl/N-ethyl adjacent to an activating group) is 1. The number of hydrogen-bond acceptors (Lipinski definition) is 4. The smallest absolute Gasteiger partial charge is 0.151 e. The molecule has 1 N–H and O–H groups in total. The number of nitrogens with zero attached hydrogens (tertiary/aromatic N) is 3. The van der Waals surface area contributed by atoms with Gasteiger partial charge in [0.25, 0.3) is 0 Å². The van der Waals surface area contributed by atoms with Gasteiger partial charge in [0.05, 0.1) is 5.69 Å². The monoisotopic (exact) mass is 222 g/mol. The molecule has 1 aromatic heterocycles. The second-order valence-corrected chi connectivity index (χ2v) is 4.55. The van der Waals surface area contributed by atoms with Crippen molar-refractivity contribution >= 4 is 5.82 Å². The van der Waals surface area contributed by atoms with Gasteiger partial charge >= 0.3 is 0 Å². The van der Waals surface area contributed by atoms with E-state index in [1.165, 1.54) is 0 Å². The molecule has 0 atom stereocenters. The van der Waals surface area contributed by atoms with Crippen LogP contribution in [0.2, 0.25) is 0 Å². The van der Waals surface area contributed by atoms with E-state index in [-0.39, 0.29) is 0 Å². The lowest BCUT2D eigenvalue weighted by Gasteiger charge is -2.18. The average molecular weight is 222 g/mol. The van der Waals surface area contributed by atoms with Gasteiger partial charge in [-0.05, 0) is 31.5 Å². The molecule has 0 amide bonds. The standard InChI is InChI=1S/C12H22N4/c1-10(2)9-13-7-8-16(4)12-6-5-11(3)14-15-12/h5-6,10,13H,7-9H2,1-4H3. The number of rotatable bonds is 6. The van der Waals surface area contributed by atoms with E-state index >= 15 is 0 Å². The lowest BCUT2D eigenvalue weighted by molar-refractivity contribution is 0.553. The van der Waals surface area contributed by atoms with Crippen LogP contribution in [-0.4, -0.2) is 36.9 Å². The molecule has 0 radical (unpaired) electrons. The van der Waals surface area contributed by atoms with E-state index in [4.69, 9.17) is 0 Å². The summed E-state index contributed by atoms with van der Waals surface area (Å²) < 4.78 is 0. The molecule has 1 rings (SSSR count). The minimum Gasteiger partial charge on any atom is -0.357 e. The lowest BCUT2D eigenvalue weighted by Crippen LogP contribution is -2.31. The Morgan fingerprint density at radius 1 is 1.31 bits per heavy atom. The van der Waals surface area contributed by atoms with Crippen LogP contribution in [0.1, 0.15) is 19.5 Å². The Bertz CT molecular complexity index is 294. The number of hydrogen-bond donors (Lipinski definition) is 1. The first-order chi connectivity index (χ1) is 7.59. The highest BCUT2D eigenvalue weighted by molar-refractivity contribution is 5.35. The van der Waals surface area contributed by atoms with Crippen LogP contribution in [0.25, 0.3) is 0 Å². The van der Waals surface area contributed by atoms with Crippen molar-refractivity contribution in [2.45, 2.75) is 20.8 Å². The largest absolute Gasteiger partial charge is 0.357 e. The first-order valence-corrected chi connectivity index (χ1v) is 5.82.